The minimum absolute atomic E-state index is 0.0312. The summed E-state index contributed by atoms with van der Waals surface area (Å²) in [7, 11) is 0. The van der Waals surface area contributed by atoms with Crippen molar-refractivity contribution in [2.24, 2.45) is 0 Å². The molecular weight excluding hydrogens is 270 g/mol. The van der Waals surface area contributed by atoms with Crippen LogP contribution >= 0.6 is 11.3 Å². The van der Waals surface area contributed by atoms with Crippen molar-refractivity contribution in [1.29, 1.82) is 0 Å². The SMILES string of the molecule is CCCCCCCn1nnc(CO)c1Cc1cccs1. The summed E-state index contributed by atoms with van der Waals surface area (Å²) in [5, 5.41) is 19.8. The third-order valence-electron chi connectivity index (χ3n) is 3.46. The minimum atomic E-state index is -0.0312. The number of aromatic nitrogens is 3. The maximum Gasteiger partial charge on any atom is 0.112 e. The number of hydrogen-bond donors (Lipinski definition) is 1. The molecule has 5 heteroatoms. The molecule has 0 radical (unpaired) electrons. The Morgan fingerprint density at radius 1 is 1.25 bits per heavy atom. The molecule has 110 valence electrons. The molecule has 0 saturated heterocycles. The van der Waals surface area contributed by atoms with Gasteiger partial charge in [-0.25, -0.2) is 4.68 Å². The summed E-state index contributed by atoms with van der Waals surface area (Å²) in [6.45, 7) is 3.10. The topological polar surface area (TPSA) is 50.9 Å². The van der Waals surface area contributed by atoms with Crippen molar-refractivity contribution >= 4 is 11.3 Å². The number of aliphatic hydroxyl groups is 1. The first kappa shape index (κ1) is 15.2. The second kappa shape index (κ2) is 8.17. The fraction of sp³-hybridized carbons (Fsp3) is 0.600. The highest BCUT2D eigenvalue weighted by atomic mass is 32.1. The molecule has 2 heterocycles. The van der Waals surface area contributed by atoms with E-state index in [9.17, 15) is 5.11 Å². The van der Waals surface area contributed by atoms with Gasteiger partial charge in [-0.05, 0) is 17.9 Å². The number of unbranched alkanes of at least 4 members (excludes halogenated alkanes) is 4. The summed E-state index contributed by atoms with van der Waals surface area (Å²) in [5.41, 5.74) is 1.78. The Hall–Kier alpha value is -1.20. The van der Waals surface area contributed by atoms with E-state index in [-0.39, 0.29) is 6.61 Å². The van der Waals surface area contributed by atoms with Crippen molar-refractivity contribution in [2.75, 3.05) is 0 Å². The summed E-state index contributed by atoms with van der Waals surface area (Å²) in [5.74, 6) is 0. The predicted molar refractivity (Wildman–Crippen MR) is 81.8 cm³/mol. The Bertz CT molecular complexity index is 493. The van der Waals surface area contributed by atoms with E-state index in [2.05, 4.69) is 34.7 Å². The highest BCUT2D eigenvalue weighted by Gasteiger charge is 2.12. The molecule has 1 N–H and O–H groups in total. The molecule has 0 aliphatic rings. The van der Waals surface area contributed by atoms with E-state index in [0.29, 0.717) is 5.69 Å². The predicted octanol–water partition coefficient (Wildman–Crippen LogP) is 3.39. The summed E-state index contributed by atoms with van der Waals surface area (Å²) in [4.78, 5) is 1.29. The van der Waals surface area contributed by atoms with Gasteiger partial charge in [0.05, 0.1) is 12.3 Å². The molecule has 20 heavy (non-hydrogen) atoms. The van der Waals surface area contributed by atoms with Crippen molar-refractivity contribution in [2.45, 2.75) is 58.6 Å². The van der Waals surface area contributed by atoms with Crippen LogP contribution in [0.2, 0.25) is 0 Å². The molecule has 0 bridgehead atoms. The Morgan fingerprint density at radius 2 is 2.10 bits per heavy atom. The van der Waals surface area contributed by atoms with E-state index in [1.807, 2.05) is 4.68 Å². The molecule has 2 aromatic heterocycles. The second-order valence-electron chi connectivity index (χ2n) is 5.03. The zero-order chi connectivity index (χ0) is 14.2. The smallest absolute Gasteiger partial charge is 0.112 e. The Labute approximate surface area is 124 Å². The van der Waals surface area contributed by atoms with Gasteiger partial charge in [-0.2, -0.15) is 0 Å². The summed E-state index contributed by atoms with van der Waals surface area (Å²) >= 11 is 1.73. The fourth-order valence-electron chi connectivity index (χ4n) is 2.31. The molecular formula is C15H23N3OS. The minimum Gasteiger partial charge on any atom is -0.390 e. The van der Waals surface area contributed by atoms with Crippen LogP contribution in [0, 0.1) is 0 Å². The molecule has 0 atom stereocenters. The number of aliphatic hydroxyl groups excluding tert-OH is 1. The van der Waals surface area contributed by atoms with Crippen molar-refractivity contribution in [3.05, 3.63) is 33.8 Å². The van der Waals surface area contributed by atoms with Gasteiger partial charge in [0.25, 0.3) is 0 Å². The third kappa shape index (κ3) is 4.15. The molecule has 0 saturated carbocycles. The summed E-state index contributed by atoms with van der Waals surface area (Å²) in [6.07, 6.45) is 7.04. The average molecular weight is 293 g/mol. The number of aryl methyl sites for hydroxylation is 1. The lowest BCUT2D eigenvalue weighted by molar-refractivity contribution is 0.275. The van der Waals surface area contributed by atoms with Gasteiger partial charge < -0.3 is 5.11 Å². The first-order chi connectivity index (χ1) is 9.85. The first-order valence-corrected chi connectivity index (χ1v) is 8.27. The Morgan fingerprint density at radius 3 is 2.80 bits per heavy atom. The van der Waals surface area contributed by atoms with Crippen molar-refractivity contribution in [3.63, 3.8) is 0 Å². The van der Waals surface area contributed by atoms with Crippen LogP contribution < -0.4 is 0 Å². The van der Waals surface area contributed by atoms with Crippen molar-refractivity contribution in [1.82, 2.24) is 15.0 Å². The zero-order valence-corrected chi connectivity index (χ0v) is 12.9. The number of thiophene rings is 1. The molecule has 0 aliphatic carbocycles. The van der Waals surface area contributed by atoms with E-state index in [1.165, 1.54) is 30.6 Å². The Balaban J connectivity index is 1.96. The molecule has 0 fully saturated rings. The van der Waals surface area contributed by atoms with Gasteiger partial charge in [-0.3, -0.25) is 0 Å². The van der Waals surface area contributed by atoms with Gasteiger partial charge in [0, 0.05) is 17.8 Å². The second-order valence-corrected chi connectivity index (χ2v) is 6.07. The average Bonchev–Trinajstić information content (AvgIpc) is 3.09. The van der Waals surface area contributed by atoms with Crippen LogP contribution in [0.4, 0.5) is 0 Å². The zero-order valence-electron chi connectivity index (χ0n) is 12.1. The van der Waals surface area contributed by atoms with Crippen LogP contribution in [0.25, 0.3) is 0 Å². The lowest BCUT2D eigenvalue weighted by Gasteiger charge is -2.06. The lowest BCUT2D eigenvalue weighted by atomic mass is 10.1. The standard InChI is InChI=1S/C15H23N3OS/c1-2-3-4-5-6-9-18-15(14(12-19)16-17-18)11-13-8-7-10-20-13/h7-8,10,19H,2-6,9,11-12H2,1H3. The van der Waals surface area contributed by atoms with Crippen LogP contribution in [0.5, 0.6) is 0 Å². The van der Waals surface area contributed by atoms with Gasteiger partial charge in [-0.15, -0.1) is 16.4 Å². The van der Waals surface area contributed by atoms with E-state index < -0.39 is 0 Å². The molecule has 0 unspecified atom stereocenters. The molecule has 0 spiro atoms. The summed E-state index contributed by atoms with van der Waals surface area (Å²) < 4.78 is 1.97. The van der Waals surface area contributed by atoms with E-state index in [4.69, 9.17) is 0 Å². The van der Waals surface area contributed by atoms with E-state index in [0.717, 1.165) is 25.1 Å². The maximum atomic E-state index is 9.39. The van der Waals surface area contributed by atoms with Crippen molar-refractivity contribution < 1.29 is 5.11 Å². The lowest BCUT2D eigenvalue weighted by Crippen LogP contribution is -2.07. The van der Waals surface area contributed by atoms with Crippen LogP contribution in [0.1, 0.15) is 55.3 Å². The quantitative estimate of drug-likeness (QED) is 0.721. The molecule has 0 aliphatic heterocycles. The van der Waals surface area contributed by atoms with Crippen molar-refractivity contribution in [3.8, 4) is 0 Å². The molecule has 4 nitrogen and oxygen atoms in total. The van der Waals surface area contributed by atoms with Gasteiger partial charge in [0.2, 0.25) is 0 Å². The normalized spacial score (nSPS) is 11.1. The van der Waals surface area contributed by atoms with E-state index >= 15 is 0 Å². The monoisotopic (exact) mass is 293 g/mol. The van der Waals surface area contributed by atoms with Gasteiger partial charge in [0.1, 0.15) is 5.69 Å². The first-order valence-electron chi connectivity index (χ1n) is 7.39. The highest BCUT2D eigenvalue weighted by molar-refractivity contribution is 7.09. The number of hydrogen-bond acceptors (Lipinski definition) is 4. The molecule has 0 amide bonds. The van der Waals surface area contributed by atoms with Gasteiger partial charge in [-0.1, -0.05) is 43.9 Å². The molecule has 2 aromatic rings. The maximum absolute atomic E-state index is 9.39. The number of rotatable bonds is 9. The van der Waals surface area contributed by atoms with Gasteiger partial charge in [0.15, 0.2) is 0 Å². The third-order valence-corrected chi connectivity index (χ3v) is 4.34. The highest BCUT2D eigenvalue weighted by Crippen LogP contribution is 2.17. The van der Waals surface area contributed by atoms with Crippen LogP contribution in [0.3, 0.4) is 0 Å². The van der Waals surface area contributed by atoms with Crippen LogP contribution in [0.15, 0.2) is 17.5 Å². The Kier molecular flexibility index (Phi) is 6.21. The summed E-state index contributed by atoms with van der Waals surface area (Å²) in [6, 6.07) is 4.17. The largest absolute Gasteiger partial charge is 0.390 e. The van der Waals surface area contributed by atoms with E-state index in [1.54, 1.807) is 11.3 Å². The fourth-order valence-corrected chi connectivity index (χ4v) is 3.02. The molecule has 2 rings (SSSR count). The van der Waals surface area contributed by atoms with Gasteiger partial charge >= 0.3 is 0 Å². The number of nitrogens with zero attached hydrogens (tertiary/aromatic N) is 3. The van der Waals surface area contributed by atoms with Crippen LogP contribution in [-0.2, 0) is 19.6 Å². The van der Waals surface area contributed by atoms with Crippen LogP contribution in [-0.4, -0.2) is 20.1 Å². The molecule has 0 aromatic carbocycles.